The molecule has 0 saturated heterocycles. The quantitative estimate of drug-likeness (QED) is 0.0912. The van der Waals surface area contributed by atoms with E-state index >= 15 is 0 Å². The Morgan fingerprint density at radius 1 is 0.447 bits per heavy atom. The molecule has 8 heteroatoms. The van der Waals surface area contributed by atoms with Crippen molar-refractivity contribution in [2.24, 2.45) is 5.41 Å². The first kappa shape index (κ1) is 43.4. The lowest BCUT2D eigenvalue weighted by molar-refractivity contribution is -0.138. The van der Waals surface area contributed by atoms with E-state index in [9.17, 15) is 14.4 Å². The van der Waals surface area contributed by atoms with E-state index in [-0.39, 0.29) is 18.6 Å². The largest absolute Gasteiger partial charge is 0.481 e. The summed E-state index contributed by atoms with van der Waals surface area (Å²) in [7, 11) is 0. The van der Waals surface area contributed by atoms with Gasteiger partial charge in [0.2, 0.25) is 0 Å². The predicted octanol–water partition coefficient (Wildman–Crippen LogP) is 7.68. The van der Waals surface area contributed by atoms with E-state index < -0.39 is 17.9 Å². The molecule has 0 radical (unpaired) electrons. The third-order valence-electron chi connectivity index (χ3n) is 5.59. The number of rotatable bonds is 21. The number of unbranched alkanes of at least 4 members (excludes halogenated alkanes) is 13. The molecule has 0 bridgehead atoms. The van der Waals surface area contributed by atoms with Gasteiger partial charge in [0.25, 0.3) is 0 Å². The zero-order valence-corrected chi connectivity index (χ0v) is 25.3. The van der Waals surface area contributed by atoms with E-state index in [0.717, 1.165) is 44.9 Å². The molecule has 0 aromatic heterocycles. The van der Waals surface area contributed by atoms with Gasteiger partial charge in [-0.2, -0.15) is 0 Å². The van der Waals surface area contributed by atoms with Crippen LogP contribution in [0.2, 0.25) is 0 Å². The van der Waals surface area contributed by atoms with Crippen LogP contribution in [0, 0.1) is 5.41 Å². The lowest BCUT2D eigenvalue weighted by Crippen LogP contribution is -2.20. The fraction of sp³-hybridized carbons (Fsp3) is 0.900. The van der Waals surface area contributed by atoms with Gasteiger partial charge >= 0.3 is 17.9 Å². The minimum absolute atomic E-state index is 0.0451. The summed E-state index contributed by atoms with van der Waals surface area (Å²) in [6.45, 7) is 10.1. The van der Waals surface area contributed by atoms with Gasteiger partial charge in [0.05, 0.1) is 13.2 Å². The molecule has 8 nitrogen and oxygen atoms in total. The average molecular weight is 551 g/mol. The van der Waals surface area contributed by atoms with Crippen LogP contribution in [0.25, 0.3) is 0 Å². The molecule has 0 unspecified atom stereocenters. The number of carboxylic acids is 3. The molecule has 5 N–H and O–H groups in total. The topological polar surface area (TPSA) is 152 Å². The van der Waals surface area contributed by atoms with Gasteiger partial charge in [-0.15, -0.1) is 0 Å². The van der Waals surface area contributed by atoms with E-state index in [0.29, 0.717) is 19.3 Å². The number of hydrogen-bond acceptors (Lipinski definition) is 5. The third-order valence-corrected chi connectivity index (χ3v) is 5.59. The molecule has 0 aliphatic rings. The van der Waals surface area contributed by atoms with E-state index in [1.54, 1.807) is 13.8 Å². The van der Waals surface area contributed by atoms with E-state index in [4.69, 9.17) is 25.5 Å². The number of carboxylic acid groups (broad SMARTS) is 3. The number of aliphatic hydroxyl groups is 2. The van der Waals surface area contributed by atoms with Gasteiger partial charge in [0.15, 0.2) is 0 Å². The van der Waals surface area contributed by atoms with Crippen molar-refractivity contribution in [3.8, 4) is 0 Å². The first-order chi connectivity index (χ1) is 17.9. The molecule has 38 heavy (non-hydrogen) atoms. The number of aliphatic hydroxyl groups excluding tert-OH is 2. The molecule has 0 fully saturated rings. The molecule has 0 heterocycles. The molecule has 0 aliphatic carbocycles. The highest BCUT2D eigenvalue weighted by Gasteiger charge is 2.13. The van der Waals surface area contributed by atoms with Crippen molar-refractivity contribution in [3.05, 3.63) is 0 Å². The van der Waals surface area contributed by atoms with Crippen molar-refractivity contribution in [3.63, 3.8) is 0 Å². The molecule has 0 spiro atoms. The van der Waals surface area contributed by atoms with Crippen molar-refractivity contribution in [2.45, 2.75) is 157 Å². The van der Waals surface area contributed by atoms with Gasteiger partial charge in [-0.05, 0) is 19.3 Å². The van der Waals surface area contributed by atoms with Crippen molar-refractivity contribution in [2.75, 3.05) is 13.2 Å². The lowest BCUT2D eigenvalue weighted by Gasteiger charge is -2.16. The van der Waals surface area contributed by atoms with Crippen molar-refractivity contribution in [1.29, 1.82) is 0 Å². The standard InChI is InChI=1S/C10H20O2.C8H16O2.C7H14O2.C5H12O2/c1-2-3-4-5-6-7-8-9-10(11)12;1-2-3-4-5-6-7-8(9)10;1-2-3-4-5-6-7(8)9;1-5(2,3-6)4-7/h2-9H2,1H3,(H,11,12);2-7H2,1H3,(H,9,10);2-6H2,1H3,(H,8,9);6-7H,3-4H2,1-2H3. The fourth-order valence-corrected chi connectivity index (χ4v) is 2.87. The van der Waals surface area contributed by atoms with Gasteiger partial charge in [-0.3, -0.25) is 14.4 Å². The summed E-state index contributed by atoms with van der Waals surface area (Å²) in [5.74, 6) is -2.01. The highest BCUT2D eigenvalue weighted by Crippen LogP contribution is 2.10. The van der Waals surface area contributed by atoms with Crippen LogP contribution in [0.3, 0.4) is 0 Å². The molecule has 0 rings (SSSR count). The second kappa shape index (κ2) is 35.3. The smallest absolute Gasteiger partial charge is 0.303 e. The van der Waals surface area contributed by atoms with Crippen LogP contribution in [0.4, 0.5) is 0 Å². The Bertz CT molecular complexity index is 500. The summed E-state index contributed by atoms with van der Waals surface area (Å²) >= 11 is 0. The first-order valence-corrected chi connectivity index (χ1v) is 14.8. The molecular weight excluding hydrogens is 488 g/mol. The van der Waals surface area contributed by atoms with Crippen molar-refractivity contribution in [1.82, 2.24) is 0 Å². The molecule has 230 valence electrons. The Hall–Kier alpha value is -1.67. The van der Waals surface area contributed by atoms with Crippen molar-refractivity contribution >= 4 is 17.9 Å². The van der Waals surface area contributed by atoms with Crippen LogP contribution in [0.1, 0.15) is 157 Å². The summed E-state index contributed by atoms with van der Waals surface area (Å²) in [5.41, 5.74) is -0.306. The summed E-state index contributed by atoms with van der Waals surface area (Å²) in [6.07, 6.45) is 19.1. The minimum atomic E-state index is -0.675. The molecule has 0 amide bonds. The van der Waals surface area contributed by atoms with Gasteiger partial charge in [0, 0.05) is 24.7 Å². The summed E-state index contributed by atoms with van der Waals surface area (Å²) < 4.78 is 0. The maximum Gasteiger partial charge on any atom is 0.303 e. The predicted molar refractivity (Wildman–Crippen MR) is 156 cm³/mol. The minimum Gasteiger partial charge on any atom is -0.481 e. The highest BCUT2D eigenvalue weighted by molar-refractivity contribution is 5.67. The Kier molecular flexibility index (Phi) is 40.3. The Morgan fingerprint density at radius 3 is 0.842 bits per heavy atom. The SMILES string of the molecule is CC(C)(CO)CO.CCCCCCC(=O)O.CCCCCCCC(=O)O.CCCCCCCCCC(=O)O. The summed E-state index contributed by atoms with van der Waals surface area (Å²) in [6, 6.07) is 0. The number of carbonyl (C=O) groups is 3. The number of aliphatic carboxylic acids is 3. The molecule has 0 aliphatic heterocycles. The van der Waals surface area contributed by atoms with Crippen LogP contribution in [-0.2, 0) is 14.4 Å². The van der Waals surface area contributed by atoms with E-state index in [2.05, 4.69) is 20.8 Å². The normalized spacial score (nSPS) is 10.2. The monoisotopic (exact) mass is 550 g/mol. The second-order valence-electron chi connectivity index (χ2n) is 10.5. The maximum absolute atomic E-state index is 10.1. The van der Waals surface area contributed by atoms with Crippen LogP contribution in [0.15, 0.2) is 0 Å². The number of hydrogen-bond donors (Lipinski definition) is 5. The summed E-state index contributed by atoms with van der Waals surface area (Å²) in [5, 5.41) is 41.7. The Labute approximate surface area is 233 Å². The zero-order valence-electron chi connectivity index (χ0n) is 25.3. The average Bonchev–Trinajstić information content (AvgIpc) is 2.87. The zero-order chi connectivity index (χ0) is 30.1. The molecule has 0 aromatic carbocycles. The molecule has 0 atom stereocenters. The molecular formula is C30H62O8. The van der Waals surface area contributed by atoms with E-state index in [1.165, 1.54) is 57.8 Å². The van der Waals surface area contributed by atoms with Crippen LogP contribution in [0.5, 0.6) is 0 Å². The summed E-state index contributed by atoms with van der Waals surface area (Å²) in [4.78, 5) is 30.1. The Balaban J connectivity index is -0.000000206. The fourth-order valence-electron chi connectivity index (χ4n) is 2.87. The van der Waals surface area contributed by atoms with Gasteiger partial charge in [-0.25, -0.2) is 0 Å². The van der Waals surface area contributed by atoms with Crippen LogP contribution >= 0.6 is 0 Å². The lowest BCUT2D eigenvalue weighted by atomic mass is 9.97. The second-order valence-corrected chi connectivity index (χ2v) is 10.5. The Morgan fingerprint density at radius 2 is 0.658 bits per heavy atom. The third kappa shape index (κ3) is 55.0. The van der Waals surface area contributed by atoms with Gasteiger partial charge in [-0.1, -0.05) is 118 Å². The van der Waals surface area contributed by atoms with Crippen LogP contribution in [-0.4, -0.2) is 56.7 Å². The van der Waals surface area contributed by atoms with Crippen LogP contribution < -0.4 is 0 Å². The maximum atomic E-state index is 10.1. The van der Waals surface area contributed by atoms with Crippen molar-refractivity contribution < 1.29 is 39.9 Å². The van der Waals surface area contributed by atoms with Gasteiger partial charge < -0.3 is 25.5 Å². The van der Waals surface area contributed by atoms with E-state index in [1.807, 2.05) is 0 Å². The molecule has 0 saturated carbocycles. The highest BCUT2D eigenvalue weighted by atomic mass is 16.4. The first-order valence-electron chi connectivity index (χ1n) is 14.8. The molecule has 0 aromatic rings. The van der Waals surface area contributed by atoms with Gasteiger partial charge in [0.1, 0.15) is 0 Å².